The van der Waals surface area contributed by atoms with E-state index in [0.717, 1.165) is 5.56 Å². The van der Waals surface area contributed by atoms with E-state index in [1.807, 2.05) is 6.92 Å². The SMILES string of the molecule is COc1cc(S(=O)(=O)N2CCC(OC(F)(F)F)CC2)c(C)cc1C. The summed E-state index contributed by atoms with van der Waals surface area (Å²) in [6, 6.07) is 3.17. The summed E-state index contributed by atoms with van der Waals surface area (Å²) in [5, 5.41) is 0. The molecule has 24 heavy (non-hydrogen) atoms. The predicted molar refractivity (Wildman–Crippen MR) is 81.4 cm³/mol. The molecule has 0 atom stereocenters. The molecule has 0 radical (unpaired) electrons. The van der Waals surface area contributed by atoms with Gasteiger partial charge in [0.05, 0.1) is 18.1 Å². The quantitative estimate of drug-likeness (QED) is 0.821. The average Bonchev–Trinajstić information content (AvgIpc) is 2.46. The van der Waals surface area contributed by atoms with Crippen LogP contribution in [0.2, 0.25) is 0 Å². The van der Waals surface area contributed by atoms with Crippen molar-refractivity contribution in [3.05, 3.63) is 23.3 Å². The maximum absolute atomic E-state index is 12.8. The number of ether oxygens (including phenoxy) is 2. The maximum atomic E-state index is 12.8. The Bertz CT molecular complexity index is 695. The Kier molecular flexibility index (Phi) is 5.46. The minimum absolute atomic E-state index is 0.000778. The molecule has 1 aromatic carbocycles. The first-order valence-corrected chi connectivity index (χ1v) is 8.88. The molecule has 136 valence electrons. The summed E-state index contributed by atoms with van der Waals surface area (Å²) in [7, 11) is -2.34. The Morgan fingerprint density at radius 3 is 2.21 bits per heavy atom. The van der Waals surface area contributed by atoms with Crippen molar-refractivity contribution in [2.75, 3.05) is 20.2 Å². The van der Waals surface area contributed by atoms with E-state index in [4.69, 9.17) is 4.74 Å². The molecule has 0 amide bonds. The summed E-state index contributed by atoms with van der Waals surface area (Å²) in [5.41, 5.74) is 1.38. The molecule has 0 bridgehead atoms. The lowest BCUT2D eigenvalue weighted by Gasteiger charge is -2.31. The fraction of sp³-hybridized carbons (Fsp3) is 0.600. The zero-order valence-corrected chi connectivity index (χ0v) is 14.5. The predicted octanol–water partition coefficient (Wildman–Crippen LogP) is 3.00. The first-order chi connectivity index (χ1) is 11.0. The summed E-state index contributed by atoms with van der Waals surface area (Å²) in [5.74, 6) is 0.453. The number of aryl methyl sites for hydroxylation is 2. The highest BCUT2D eigenvalue weighted by Gasteiger charge is 2.37. The molecule has 0 aromatic heterocycles. The fourth-order valence-corrected chi connectivity index (χ4v) is 4.52. The second kappa shape index (κ2) is 6.89. The number of sulfonamides is 1. The highest BCUT2D eigenvalue weighted by atomic mass is 32.2. The van der Waals surface area contributed by atoms with E-state index in [0.29, 0.717) is 11.3 Å². The van der Waals surface area contributed by atoms with Crippen molar-refractivity contribution in [1.29, 1.82) is 0 Å². The molecule has 1 aromatic rings. The number of hydrogen-bond acceptors (Lipinski definition) is 4. The van der Waals surface area contributed by atoms with Gasteiger partial charge in [-0.05, 0) is 37.8 Å². The zero-order chi connectivity index (χ0) is 18.1. The number of benzene rings is 1. The van der Waals surface area contributed by atoms with Crippen LogP contribution in [0.15, 0.2) is 17.0 Å². The van der Waals surface area contributed by atoms with E-state index in [1.54, 1.807) is 13.0 Å². The van der Waals surface area contributed by atoms with Gasteiger partial charge in [0.15, 0.2) is 0 Å². The van der Waals surface area contributed by atoms with Crippen LogP contribution in [0, 0.1) is 13.8 Å². The molecule has 1 fully saturated rings. The summed E-state index contributed by atoms with van der Waals surface area (Å²) < 4.78 is 72.6. The summed E-state index contributed by atoms with van der Waals surface area (Å²) >= 11 is 0. The number of nitrogens with zero attached hydrogens (tertiary/aromatic N) is 1. The van der Waals surface area contributed by atoms with Gasteiger partial charge in [-0.1, -0.05) is 6.07 Å². The van der Waals surface area contributed by atoms with E-state index in [9.17, 15) is 21.6 Å². The molecule has 1 aliphatic heterocycles. The third-order valence-electron chi connectivity index (χ3n) is 4.01. The molecule has 5 nitrogen and oxygen atoms in total. The van der Waals surface area contributed by atoms with Gasteiger partial charge in [0.25, 0.3) is 0 Å². The van der Waals surface area contributed by atoms with Crippen molar-refractivity contribution in [3.63, 3.8) is 0 Å². The van der Waals surface area contributed by atoms with Crippen LogP contribution >= 0.6 is 0 Å². The van der Waals surface area contributed by atoms with E-state index in [-0.39, 0.29) is 30.8 Å². The second-order valence-corrected chi connectivity index (χ2v) is 7.66. The first-order valence-electron chi connectivity index (χ1n) is 7.44. The Balaban J connectivity index is 2.18. The molecule has 0 unspecified atom stereocenters. The van der Waals surface area contributed by atoms with Gasteiger partial charge < -0.3 is 4.74 Å². The van der Waals surface area contributed by atoms with Crippen LogP contribution in [0.25, 0.3) is 0 Å². The smallest absolute Gasteiger partial charge is 0.496 e. The number of halogens is 3. The van der Waals surface area contributed by atoms with Gasteiger partial charge in [0.1, 0.15) is 5.75 Å². The molecular formula is C15H20F3NO4S. The molecule has 2 rings (SSSR count). The van der Waals surface area contributed by atoms with E-state index < -0.39 is 22.5 Å². The van der Waals surface area contributed by atoms with Crippen molar-refractivity contribution in [1.82, 2.24) is 4.31 Å². The molecule has 9 heteroatoms. The largest absolute Gasteiger partial charge is 0.522 e. The Morgan fingerprint density at radius 2 is 1.71 bits per heavy atom. The molecule has 0 spiro atoms. The minimum Gasteiger partial charge on any atom is -0.496 e. The first kappa shape index (κ1) is 19.0. The highest BCUT2D eigenvalue weighted by molar-refractivity contribution is 7.89. The van der Waals surface area contributed by atoms with E-state index >= 15 is 0 Å². The lowest BCUT2D eigenvalue weighted by atomic mass is 10.1. The van der Waals surface area contributed by atoms with Gasteiger partial charge in [-0.3, -0.25) is 4.74 Å². The monoisotopic (exact) mass is 367 g/mol. The number of methoxy groups -OCH3 is 1. The van der Waals surface area contributed by atoms with Gasteiger partial charge in [0, 0.05) is 19.2 Å². The number of rotatable bonds is 4. The molecule has 1 aliphatic rings. The van der Waals surface area contributed by atoms with Gasteiger partial charge in [-0.2, -0.15) is 4.31 Å². The van der Waals surface area contributed by atoms with Gasteiger partial charge in [0.2, 0.25) is 10.0 Å². The lowest BCUT2D eigenvalue weighted by Crippen LogP contribution is -2.42. The Morgan fingerprint density at radius 1 is 1.12 bits per heavy atom. The third kappa shape index (κ3) is 4.20. The van der Waals surface area contributed by atoms with Crippen LogP contribution in [0.1, 0.15) is 24.0 Å². The number of hydrogen-bond donors (Lipinski definition) is 0. The normalized spacial score (nSPS) is 17.9. The molecular weight excluding hydrogens is 347 g/mol. The van der Waals surface area contributed by atoms with Crippen LogP contribution in [0.3, 0.4) is 0 Å². The van der Waals surface area contributed by atoms with Crippen LogP contribution in [0.5, 0.6) is 5.75 Å². The Hall–Kier alpha value is -1.32. The van der Waals surface area contributed by atoms with Crippen molar-refractivity contribution in [2.45, 2.75) is 44.1 Å². The Labute approximate surface area is 139 Å². The molecule has 1 saturated heterocycles. The number of piperidine rings is 1. The minimum atomic E-state index is -4.70. The van der Waals surface area contributed by atoms with Crippen molar-refractivity contribution >= 4 is 10.0 Å². The summed E-state index contributed by atoms with van der Waals surface area (Å²) in [4.78, 5) is 0.111. The van der Waals surface area contributed by atoms with Gasteiger partial charge >= 0.3 is 6.36 Å². The second-order valence-electron chi connectivity index (χ2n) is 5.75. The average molecular weight is 367 g/mol. The third-order valence-corrected chi connectivity index (χ3v) is 6.05. The van der Waals surface area contributed by atoms with Crippen LogP contribution < -0.4 is 4.74 Å². The molecule has 0 saturated carbocycles. The standard InChI is InChI=1S/C15H20F3NO4S/c1-10-8-11(2)14(9-13(10)22-3)24(20,21)19-6-4-12(5-7-19)23-15(16,17)18/h8-9,12H,4-7H2,1-3H3. The zero-order valence-electron chi connectivity index (χ0n) is 13.7. The topological polar surface area (TPSA) is 55.8 Å². The summed E-state index contributed by atoms with van der Waals surface area (Å²) in [6.45, 7) is 3.46. The maximum Gasteiger partial charge on any atom is 0.522 e. The van der Waals surface area contributed by atoms with Crippen LogP contribution in [0.4, 0.5) is 13.2 Å². The van der Waals surface area contributed by atoms with Crippen molar-refractivity contribution in [2.24, 2.45) is 0 Å². The molecule has 0 aliphatic carbocycles. The molecule has 1 heterocycles. The van der Waals surface area contributed by atoms with Crippen molar-refractivity contribution in [3.8, 4) is 5.75 Å². The van der Waals surface area contributed by atoms with Crippen LogP contribution in [-0.2, 0) is 14.8 Å². The van der Waals surface area contributed by atoms with E-state index in [2.05, 4.69) is 4.74 Å². The van der Waals surface area contributed by atoms with Crippen LogP contribution in [-0.4, -0.2) is 45.4 Å². The molecule has 0 N–H and O–H groups in total. The number of alkyl halides is 3. The fourth-order valence-electron chi connectivity index (χ4n) is 2.83. The van der Waals surface area contributed by atoms with Gasteiger partial charge in [-0.15, -0.1) is 13.2 Å². The van der Waals surface area contributed by atoms with Gasteiger partial charge in [-0.25, -0.2) is 8.42 Å². The van der Waals surface area contributed by atoms with Crippen molar-refractivity contribution < 1.29 is 31.1 Å². The summed E-state index contributed by atoms with van der Waals surface area (Å²) in [6.07, 6.45) is -5.71. The van der Waals surface area contributed by atoms with E-state index in [1.165, 1.54) is 17.5 Å². The highest BCUT2D eigenvalue weighted by Crippen LogP contribution is 2.31. The lowest BCUT2D eigenvalue weighted by molar-refractivity contribution is -0.345.